The van der Waals surface area contributed by atoms with Gasteiger partial charge in [0.15, 0.2) is 8.32 Å². The molecule has 10 nitrogen and oxygen atoms in total. The summed E-state index contributed by atoms with van der Waals surface area (Å²) < 4.78 is 20.0. The molecule has 1 unspecified atom stereocenters. The summed E-state index contributed by atoms with van der Waals surface area (Å²) in [4.78, 5) is 30.9. The van der Waals surface area contributed by atoms with Crippen LogP contribution in [0.25, 0.3) is 0 Å². The lowest BCUT2D eigenvalue weighted by Gasteiger charge is -2.37. The van der Waals surface area contributed by atoms with Crippen LogP contribution >= 0.6 is 0 Å². The number of carbonyl (C=O) groups is 2. The van der Waals surface area contributed by atoms with Gasteiger partial charge in [-0.1, -0.05) is 58.8 Å². The van der Waals surface area contributed by atoms with Gasteiger partial charge in [0, 0.05) is 18.3 Å². The number of urea groups is 1. The molecular weight excluding hydrogens is 591 g/mol. The third-order valence-electron chi connectivity index (χ3n) is 9.54. The normalized spacial score (nSPS) is 16.8. The fourth-order valence-corrected chi connectivity index (χ4v) is 6.54. The first-order valence-electron chi connectivity index (χ1n) is 15.2. The summed E-state index contributed by atoms with van der Waals surface area (Å²) in [6.45, 7) is 26.3. The summed E-state index contributed by atoms with van der Waals surface area (Å²) in [5, 5.41) is 8.47. The van der Waals surface area contributed by atoms with Crippen LogP contribution in [0.4, 0.5) is 10.5 Å². The number of aryl methyl sites for hydroxylation is 2. The van der Waals surface area contributed by atoms with Crippen molar-refractivity contribution in [3.63, 3.8) is 0 Å². The van der Waals surface area contributed by atoms with Gasteiger partial charge in [-0.2, -0.15) is 5.10 Å². The number of hydrogen-bond donors (Lipinski definition) is 0. The number of benzene rings is 1. The van der Waals surface area contributed by atoms with Crippen molar-refractivity contribution in [1.82, 2.24) is 19.8 Å². The number of rotatable bonds is 10. The molecule has 3 aromatic rings. The first kappa shape index (κ1) is 33.7. The van der Waals surface area contributed by atoms with E-state index in [9.17, 15) is 9.59 Å². The second-order valence-corrected chi connectivity index (χ2v) is 24.4. The zero-order chi connectivity index (χ0) is 32.8. The Bertz CT molecular complexity index is 1500. The van der Waals surface area contributed by atoms with Crippen LogP contribution in [0.3, 0.4) is 0 Å². The predicted molar refractivity (Wildman–Crippen MR) is 177 cm³/mol. The molecule has 0 spiro atoms. The van der Waals surface area contributed by atoms with Gasteiger partial charge in [0.1, 0.15) is 17.6 Å². The summed E-state index contributed by atoms with van der Waals surface area (Å²) in [5.41, 5.74) is 3.00. The van der Waals surface area contributed by atoms with Crippen LogP contribution in [-0.4, -0.2) is 61.1 Å². The highest BCUT2D eigenvalue weighted by atomic mass is 28.4. The van der Waals surface area contributed by atoms with Crippen LogP contribution in [0.5, 0.6) is 5.75 Å². The Morgan fingerprint density at radius 1 is 0.955 bits per heavy atom. The van der Waals surface area contributed by atoms with E-state index in [1.54, 1.807) is 22.0 Å². The maximum atomic E-state index is 14.0. The van der Waals surface area contributed by atoms with Crippen LogP contribution in [0.2, 0.25) is 36.3 Å². The topological polar surface area (TPSA) is 103 Å². The molecule has 1 saturated heterocycles. The monoisotopic (exact) mass is 639 g/mol. The van der Waals surface area contributed by atoms with Crippen LogP contribution in [0, 0.1) is 13.8 Å². The van der Waals surface area contributed by atoms with E-state index in [0.717, 1.165) is 22.6 Å². The van der Waals surface area contributed by atoms with E-state index < -0.39 is 28.7 Å². The maximum Gasteiger partial charge on any atom is 0.332 e. The molecule has 0 N–H and O–H groups in total. The molecule has 0 aliphatic carbocycles. The zero-order valence-corrected chi connectivity index (χ0v) is 30.4. The minimum absolute atomic E-state index is 0.0437. The Kier molecular flexibility index (Phi) is 9.13. The molecule has 0 bridgehead atoms. The third kappa shape index (κ3) is 6.86. The first-order valence-corrected chi connectivity index (χ1v) is 21.0. The second kappa shape index (κ2) is 11.9. The summed E-state index contributed by atoms with van der Waals surface area (Å²) in [7, 11) is -4.26. The molecule has 0 radical (unpaired) electrons. The van der Waals surface area contributed by atoms with Crippen molar-refractivity contribution in [3.05, 3.63) is 59.2 Å². The van der Waals surface area contributed by atoms with Crippen molar-refractivity contribution in [1.29, 1.82) is 0 Å². The zero-order valence-electron chi connectivity index (χ0n) is 28.4. The lowest BCUT2D eigenvalue weighted by molar-refractivity contribution is -0.120. The van der Waals surface area contributed by atoms with E-state index >= 15 is 0 Å². The van der Waals surface area contributed by atoms with E-state index in [1.807, 2.05) is 38.1 Å². The second-order valence-electron chi connectivity index (χ2n) is 14.9. The molecule has 3 amide bonds. The number of anilines is 1. The first-order chi connectivity index (χ1) is 20.2. The van der Waals surface area contributed by atoms with E-state index in [1.165, 1.54) is 4.90 Å². The van der Waals surface area contributed by atoms with Crippen molar-refractivity contribution in [2.24, 2.45) is 0 Å². The van der Waals surface area contributed by atoms with Gasteiger partial charge in [0.2, 0.25) is 8.32 Å². The van der Waals surface area contributed by atoms with Crippen molar-refractivity contribution in [2.45, 2.75) is 111 Å². The molecule has 1 atom stereocenters. The number of hydrogen-bond acceptors (Lipinski definition) is 7. The van der Waals surface area contributed by atoms with E-state index in [-0.39, 0.29) is 29.1 Å². The molecule has 4 rings (SSSR count). The molecule has 2 aromatic heterocycles. The number of imide groups is 1. The van der Waals surface area contributed by atoms with Gasteiger partial charge in [-0.25, -0.2) is 9.69 Å². The highest BCUT2D eigenvalue weighted by Crippen LogP contribution is 2.39. The van der Waals surface area contributed by atoms with Crippen LogP contribution in [0.15, 0.2) is 41.2 Å². The predicted octanol–water partition coefficient (Wildman–Crippen LogP) is 7.28. The van der Waals surface area contributed by atoms with Gasteiger partial charge in [-0.3, -0.25) is 9.48 Å². The maximum absolute atomic E-state index is 14.0. The fraction of sp³-hybridized carbons (Fsp3) is 0.562. The smallest absolute Gasteiger partial charge is 0.332 e. The Balaban J connectivity index is 1.63. The molecule has 1 aliphatic rings. The van der Waals surface area contributed by atoms with Gasteiger partial charge >= 0.3 is 6.03 Å². The van der Waals surface area contributed by atoms with Gasteiger partial charge in [-0.15, -0.1) is 0 Å². The Morgan fingerprint density at radius 2 is 1.61 bits per heavy atom. The number of aromatic nitrogens is 3. The summed E-state index contributed by atoms with van der Waals surface area (Å²) >= 11 is 0. The molecular formula is C32H49N5O5Si2. The average Bonchev–Trinajstić information content (AvgIpc) is 3.54. The molecule has 0 saturated carbocycles. The van der Waals surface area contributed by atoms with Crippen LogP contribution in [0.1, 0.15) is 64.1 Å². The molecule has 1 aliphatic heterocycles. The quantitative estimate of drug-likeness (QED) is 0.170. The summed E-state index contributed by atoms with van der Waals surface area (Å²) in [6, 6.07) is 6.68. The lowest BCUT2D eigenvalue weighted by atomic mass is 10.2. The van der Waals surface area contributed by atoms with E-state index in [0.29, 0.717) is 18.0 Å². The molecule has 1 fully saturated rings. The van der Waals surface area contributed by atoms with Crippen molar-refractivity contribution in [3.8, 4) is 5.75 Å². The standard InChI is InChI=1S/C32H49N5O5Si2/c1-22-27(23(2)41-34-22)20-35-19-25(17-33-35)37-29(38)28(21-40-43(9,10)31(3,4)5)36(30(37)39)18-24-14-13-15-26(16-24)42-44(11,12)32(6,7)8/h13-17,19,28H,18,20-21H2,1-12H3. The minimum Gasteiger partial charge on any atom is -0.543 e. The van der Waals surface area contributed by atoms with Crippen molar-refractivity contribution < 1.29 is 23.0 Å². The van der Waals surface area contributed by atoms with E-state index in [2.05, 4.69) is 78.0 Å². The minimum atomic E-state index is -2.20. The third-order valence-corrected chi connectivity index (χ3v) is 18.4. The summed E-state index contributed by atoms with van der Waals surface area (Å²) in [6.07, 6.45) is 3.27. The van der Waals surface area contributed by atoms with Crippen molar-refractivity contribution >= 4 is 34.3 Å². The number of carbonyl (C=O) groups excluding carboxylic acids is 2. The summed E-state index contributed by atoms with van der Waals surface area (Å²) in [5.74, 6) is 1.17. The van der Waals surface area contributed by atoms with Crippen LogP contribution < -0.4 is 9.33 Å². The fourth-order valence-electron chi connectivity index (χ4n) is 4.51. The average molecular weight is 640 g/mol. The molecule has 44 heavy (non-hydrogen) atoms. The van der Waals surface area contributed by atoms with Gasteiger partial charge in [0.25, 0.3) is 5.91 Å². The highest BCUT2D eigenvalue weighted by Gasteiger charge is 2.48. The van der Waals surface area contributed by atoms with Gasteiger partial charge in [0.05, 0.1) is 30.7 Å². The molecule has 12 heteroatoms. The van der Waals surface area contributed by atoms with E-state index in [4.69, 9.17) is 13.4 Å². The molecule has 3 heterocycles. The van der Waals surface area contributed by atoms with Crippen molar-refractivity contribution in [2.75, 3.05) is 11.5 Å². The molecule has 1 aromatic carbocycles. The lowest BCUT2D eigenvalue weighted by Crippen LogP contribution is -2.46. The Hall–Kier alpha value is -3.23. The number of amides is 3. The SMILES string of the molecule is Cc1noc(C)c1Cn1cc(N2C(=O)C(CO[Si](C)(C)C(C)(C)C)N(Cc3cccc(O[Si](C)(C)C(C)(C)C)c3)C2=O)cn1. The van der Waals surface area contributed by atoms with Gasteiger partial charge < -0.3 is 18.3 Å². The number of nitrogens with zero attached hydrogens (tertiary/aromatic N) is 5. The Labute approximate surface area is 263 Å². The Morgan fingerprint density at radius 3 is 2.20 bits per heavy atom. The van der Waals surface area contributed by atoms with Gasteiger partial charge in [-0.05, 0) is 67.8 Å². The largest absolute Gasteiger partial charge is 0.543 e. The highest BCUT2D eigenvalue weighted by molar-refractivity contribution is 6.75. The van der Waals surface area contributed by atoms with Crippen LogP contribution in [-0.2, 0) is 22.3 Å². The molecule has 240 valence electrons.